The summed E-state index contributed by atoms with van der Waals surface area (Å²) in [4.78, 5) is 16.5. The van der Waals surface area contributed by atoms with Gasteiger partial charge in [-0.25, -0.2) is 14.2 Å². The van der Waals surface area contributed by atoms with E-state index in [-0.39, 0.29) is 33.2 Å². The van der Waals surface area contributed by atoms with Crippen molar-refractivity contribution >= 4 is 28.9 Å². The van der Waals surface area contributed by atoms with Gasteiger partial charge in [-0.15, -0.1) is 0 Å². The number of nitrogens with two attached hydrogens (primary N) is 1. The van der Waals surface area contributed by atoms with Gasteiger partial charge in [0.15, 0.2) is 11.5 Å². The zero-order chi connectivity index (χ0) is 15.7. The highest BCUT2D eigenvalue weighted by molar-refractivity contribution is 6.33. The number of rotatable bonds is 3. The van der Waals surface area contributed by atoms with Gasteiger partial charge in [-0.05, 0) is 18.2 Å². The molecule has 0 saturated carbocycles. The van der Waals surface area contributed by atoms with E-state index in [0.29, 0.717) is 0 Å². The van der Waals surface area contributed by atoms with Crippen LogP contribution in [0.2, 0.25) is 5.02 Å². The lowest BCUT2D eigenvalue weighted by Crippen LogP contribution is -2.13. The van der Waals surface area contributed by atoms with E-state index in [1.165, 1.54) is 29.3 Å². The summed E-state index contributed by atoms with van der Waals surface area (Å²) in [5.74, 6) is -1.92. The lowest BCUT2D eigenvalue weighted by atomic mass is 10.0. The third-order valence-electron chi connectivity index (χ3n) is 2.97. The van der Waals surface area contributed by atoms with Crippen LogP contribution in [-0.2, 0) is 0 Å². The maximum Gasteiger partial charge on any atom is 0.355 e. The second-order valence-electron chi connectivity index (χ2n) is 4.58. The highest BCUT2D eigenvalue weighted by Gasteiger charge is 2.22. The van der Waals surface area contributed by atoms with E-state index in [0.717, 1.165) is 0 Å². The van der Waals surface area contributed by atoms with E-state index in [1.807, 2.05) is 0 Å². The number of hydrogen-bond donors (Lipinski definition) is 2. The molecule has 2 rings (SSSR count). The molecular weight excluding hydrogens is 297 g/mol. The average Bonchev–Trinajstić information content (AvgIpc) is 2.39. The molecule has 0 atom stereocenters. The van der Waals surface area contributed by atoms with Crippen molar-refractivity contribution in [2.75, 3.05) is 24.7 Å². The molecule has 0 aliphatic heterocycles. The van der Waals surface area contributed by atoms with E-state index in [2.05, 4.69) is 4.98 Å². The van der Waals surface area contributed by atoms with E-state index in [9.17, 15) is 14.3 Å². The van der Waals surface area contributed by atoms with E-state index < -0.39 is 11.8 Å². The van der Waals surface area contributed by atoms with Crippen LogP contribution in [0.1, 0.15) is 10.5 Å². The van der Waals surface area contributed by atoms with Crippen LogP contribution in [0.25, 0.3) is 11.1 Å². The predicted molar refractivity (Wildman–Crippen MR) is 80.3 cm³/mol. The summed E-state index contributed by atoms with van der Waals surface area (Å²) in [5, 5.41) is 9.42. The molecule has 0 unspecified atom stereocenters. The van der Waals surface area contributed by atoms with Crippen molar-refractivity contribution in [3.05, 3.63) is 40.9 Å². The Kier molecular flexibility index (Phi) is 3.99. The molecule has 1 aromatic heterocycles. The Morgan fingerprint density at radius 2 is 2.05 bits per heavy atom. The largest absolute Gasteiger partial charge is 0.476 e. The number of pyridine rings is 1. The quantitative estimate of drug-likeness (QED) is 0.911. The van der Waals surface area contributed by atoms with Gasteiger partial charge in [0.2, 0.25) is 0 Å². The molecule has 0 fully saturated rings. The number of carboxylic acids is 1. The summed E-state index contributed by atoms with van der Waals surface area (Å²) in [6.07, 6.45) is 1.27. The number of aromatic nitrogens is 1. The molecule has 0 spiro atoms. The number of benzene rings is 1. The Balaban J connectivity index is 2.80. The average molecular weight is 310 g/mol. The number of anilines is 2. The van der Waals surface area contributed by atoms with Crippen molar-refractivity contribution < 1.29 is 14.3 Å². The molecule has 0 aliphatic rings. The van der Waals surface area contributed by atoms with Gasteiger partial charge >= 0.3 is 5.97 Å². The fraction of sp³-hybridized carbons (Fsp3) is 0.143. The van der Waals surface area contributed by atoms with Gasteiger partial charge in [0.05, 0.1) is 10.7 Å². The molecule has 21 heavy (non-hydrogen) atoms. The van der Waals surface area contributed by atoms with Crippen molar-refractivity contribution in [3.8, 4) is 11.1 Å². The highest BCUT2D eigenvalue weighted by Crippen LogP contribution is 2.37. The summed E-state index contributed by atoms with van der Waals surface area (Å²) in [6.45, 7) is 0. The SMILES string of the molecule is CN(C)c1c(Cl)ccc(-c2c(N)ccnc2C(=O)O)c1F. The molecule has 0 amide bonds. The number of carbonyl (C=O) groups is 1. The maximum atomic E-state index is 14.7. The third kappa shape index (κ3) is 2.62. The zero-order valence-electron chi connectivity index (χ0n) is 11.4. The minimum absolute atomic E-state index is 0.0438. The molecule has 0 bridgehead atoms. The Bertz CT molecular complexity index is 720. The number of halogens is 2. The fourth-order valence-corrected chi connectivity index (χ4v) is 2.38. The van der Waals surface area contributed by atoms with Crippen LogP contribution < -0.4 is 10.6 Å². The Morgan fingerprint density at radius 1 is 1.38 bits per heavy atom. The molecule has 110 valence electrons. The van der Waals surface area contributed by atoms with Crippen LogP contribution >= 0.6 is 11.6 Å². The van der Waals surface area contributed by atoms with Gasteiger partial charge in [0.1, 0.15) is 0 Å². The summed E-state index contributed by atoms with van der Waals surface area (Å²) >= 11 is 5.98. The topological polar surface area (TPSA) is 79.5 Å². The number of nitrogens with zero attached hydrogens (tertiary/aromatic N) is 2. The van der Waals surface area contributed by atoms with Crippen molar-refractivity contribution in [1.82, 2.24) is 4.98 Å². The summed E-state index contributed by atoms with van der Waals surface area (Å²) in [6, 6.07) is 4.31. The number of nitrogen functional groups attached to an aromatic ring is 1. The van der Waals surface area contributed by atoms with E-state index in [4.69, 9.17) is 17.3 Å². The minimum Gasteiger partial charge on any atom is -0.476 e. The van der Waals surface area contributed by atoms with Crippen molar-refractivity contribution in [2.45, 2.75) is 0 Å². The first kappa shape index (κ1) is 15.1. The molecule has 0 radical (unpaired) electrons. The fourth-order valence-electron chi connectivity index (χ4n) is 2.07. The number of carboxylic acid groups (broad SMARTS) is 1. The van der Waals surface area contributed by atoms with E-state index in [1.54, 1.807) is 14.1 Å². The Morgan fingerprint density at radius 3 is 2.62 bits per heavy atom. The normalized spacial score (nSPS) is 10.5. The van der Waals surface area contributed by atoms with Crippen LogP contribution in [0.15, 0.2) is 24.4 Å². The predicted octanol–water partition coefficient (Wildman–Crippen LogP) is 2.89. The molecule has 0 saturated heterocycles. The standard InChI is InChI=1S/C14H13ClFN3O2/c1-19(2)13-8(15)4-3-7(11(13)16)10-9(17)5-6-18-12(10)14(20)21/h3-6H,1-2H3,(H2,17,18)(H,20,21). The minimum atomic E-state index is -1.28. The number of hydrogen-bond acceptors (Lipinski definition) is 4. The molecule has 2 aromatic rings. The first-order valence-electron chi connectivity index (χ1n) is 5.98. The molecule has 1 heterocycles. The molecule has 1 aromatic carbocycles. The zero-order valence-corrected chi connectivity index (χ0v) is 12.1. The Labute approximate surface area is 125 Å². The third-order valence-corrected chi connectivity index (χ3v) is 3.27. The van der Waals surface area contributed by atoms with Crippen molar-refractivity contribution in [3.63, 3.8) is 0 Å². The molecule has 7 heteroatoms. The smallest absolute Gasteiger partial charge is 0.355 e. The second-order valence-corrected chi connectivity index (χ2v) is 4.99. The Hall–Kier alpha value is -2.34. The van der Waals surface area contributed by atoms with Crippen molar-refractivity contribution in [2.24, 2.45) is 0 Å². The first-order chi connectivity index (χ1) is 9.84. The molecule has 5 nitrogen and oxygen atoms in total. The summed E-state index contributed by atoms with van der Waals surface area (Å²) in [7, 11) is 3.28. The first-order valence-corrected chi connectivity index (χ1v) is 6.35. The van der Waals surface area contributed by atoms with Crippen LogP contribution in [0.3, 0.4) is 0 Å². The highest BCUT2D eigenvalue weighted by atomic mass is 35.5. The van der Waals surface area contributed by atoms with Gasteiger partial charge in [0, 0.05) is 37.1 Å². The van der Waals surface area contributed by atoms with Crippen LogP contribution in [-0.4, -0.2) is 30.2 Å². The molecular formula is C14H13ClFN3O2. The van der Waals surface area contributed by atoms with Crippen LogP contribution in [0, 0.1) is 5.82 Å². The van der Waals surface area contributed by atoms with Gasteiger partial charge in [-0.1, -0.05) is 11.6 Å². The van der Waals surface area contributed by atoms with Crippen molar-refractivity contribution in [1.29, 1.82) is 0 Å². The van der Waals surface area contributed by atoms with E-state index >= 15 is 0 Å². The van der Waals surface area contributed by atoms with Crippen LogP contribution in [0.4, 0.5) is 15.8 Å². The number of aromatic carboxylic acids is 1. The van der Waals surface area contributed by atoms with Gasteiger partial charge < -0.3 is 15.7 Å². The summed E-state index contributed by atoms with van der Waals surface area (Å²) in [5.41, 5.74) is 5.89. The van der Waals surface area contributed by atoms with Gasteiger partial charge in [-0.2, -0.15) is 0 Å². The molecule has 3 N–H and O–H groups in total. The monoisotopic (exact) mass is 309 g/mol. The van der Waals surface area contributed by atoms with Gasteiger partial charge in [-0.3, -0.25) is 0 Å². The maximum absolute atomic E-state index is 14.7. The lowest BCUT2D eigenvalue weighted by molar-refractivity contribution is 0.0691. The lowest BCUT2D eigenvalue weighted by Gasteiger charge is -2.18. The summed E-state index contributed by atoms with van der Waals surface area (Å²) < 4.78 is 14.7. The van der Waals surface area contributed by atoms with Crippen LogP contribution in [0.5, 0.6) is 0 Å². The van der Waals surface area contributed by atoms with Gasteiger partial charge in [0.25, 0.3) is 0 Å². The molecule has 0 aliphatic carbocycles. The second kappa shape index (κ2) is 5.57.